The molecule has 2 N–H and O–H groups in total. The van der Waals surface area contributed by atoms with Crippen LogP contribution in [0.15, 0.2) is 54.6 Å². The van der Waals surface area contributed by atoms with Crippen LogP contribution in [0.4, 0.5) is 5.69 Å². The van der Waals surface area contributed by atoms with Gasteiger partial charge in [0.2, 0.25) is 5.91 Å². The molecule has 1 amide bonds. The number of amides is 1. The molecule has 0 radical (unpaired) electrons. The first-order valence-electron chi connectivity index (χ1n) is 8.33. The van der Waals surface area contributed by atoms with Crippen molar-refractivity contribution in [2.45, 2.75) is 19.9 Å². The molecule has 0 atom stereocenters. The van der Waals surface area contributed by atoms with Gasteiger partial charge in [-0.2, -0.15) is 0 Å². The molecule has 6 nitrogen and oxygen atoms in total. The third-order valence-electron chi connectivity index (χ3n) is 3.90. The molecule has 0 heterocycles. The SMILES string of the molecule is CC(C)N(CC(=O)O)CC(=O)Nc1ccccc1C(=O)c1ccccc1. The van der Waals surface area contributed by atoms with E-state index in [1.807, 2.05) is 19.9 Å². The summed E-state index contributed by atoms with van der Waals surface area (Å²) in [7, 11) is 0. The second-order valence-corrected chi connectivity index (χ2v) is 6.18. The highest BCUT2D eigenvalue weighted by molar-refractivity contribution is 6.13. The van der Waals surface area contributed by atoms with Crippen LogP contribution in [0.1, 0.15) is 29.8 Å². The quantitative estimate of drug-likeness (QED) is 0.712. The van der Waals surface area contributed by atoms with Gasteiger partial charge in [0.05, 0.1) is 18.8 Å². The van der Waals surface area contributed by atoms with Crippen LogP contribution in [-0.2, 0) is 9.59 Å². The Labute approximate surface area is 152 Å². The Balaban J connectivity index is 2.16. The predicted octanol–water partition coefficient (Wildman–Crippen LogP) is 2.65. The lowest BCUT2D eigenvalue weighted by atomic mass is 10.0. The van der Waals surface area contributed by atoms with Crippen LogP contribution in [0.25, 0.3) is 0 Å². The molecule has 26 heavy (non-hydrogen) atoms. The zero-order chi connectivity index (χ0) is 19.1. The summed E-state index contributed by atoms with van der Waals surface area (Å²) in [4.78, 5) is 37.5. The molecule has 0 aliphatic rings. The van der Waals surface area contributed by atoms with Crippen molar-refractivity contribution >= 4 is 23.3 Å². The van der Waals surface area contributed by atoms with Crippen molar-refractivity contribution in [3.05, 3.63) is 65.7 Å². The third kappa shape index (κ3) is 5.26. The summed E-state index contributed by atoms with van der Waals surface area (Å²) in [6, 6.07) is 15.5. The van der Waals surface area contributed by atoms with Crippen LogP contribution in [-0.4, -0.2) is 46.8 Å². The maximum atomic E-state index is 12.7. The van der Waals surface area contributed by atoms with E-state index in [2.05, 4.69) is 5.32 Å². The molecule has 2 aromatic carbocycles. The zero-order valence-electron chi connectivity index (χ0n) is 14.8. The number of benzene rings is 2. The third-order valence-corrected chi connectivity index (χ3v) is 3.90. The van der Waals surface area contributed by atoms with Crippen LogP contribution in [0, 0.1) is 0 Å². The van der Waals surface area contributed by atoms with E-state index in [9.17, 15) is 14.4 Å². The second-order valence-electron chi connectivity index (χ2n) is 6.18. The van der Waals surface area contributed by atoms with Crippen molar-refractivity contribution in [1.82, 2.24) is 4.90 Å². The highest BCUT2D eigenvalue weighted by Crippen LogP contribution is 2.19. The summed E-state index contributed by atoms with van der Waals surface area (Å²) in [5.74, 6) is -1.55. The minimum absolute atomic E-state index is 0.0716. The lowest BCUT2D eigenvalue weighted by Gasteiger charge is -2.23. The number of para-hydroxylation sites is 1. The highest BCUT2D eigenvalue weighted by Gasteiger charge is 2.19. The van der Waals surface area contributed by atoms with Gasteiger partial charge in [0.15, 0.2) is 5.78 Å². The first kappa shape index (κ1) is 19.3. The van der Waals surface area contributed by atoms with Gasteiger partial charge in [-0.05, 0) is 26.0 Å². The molecule has 0 saturated carbocycles. The van der Waals surface area contributed by atoms with E-state index in [0.717, 1.165) is 0 Å². The van der Waals surface area contributed by atoms with Gasteiger partial charge >= 0.3 is 5.97 Å². The Bertz CT molecular complexity index is 787. The zero-order valence-corrected chi connectivity index (χ0v) is 14.8. The fourth-order valence-corrected chi connectivity index (χ4v) is 2.50. The Hall–Kier alpha value is -2.99. The molecule has 6 heteroatoms. The fraction of sp³-hybridized carbons (Fsp3) is 0.250. The molecular weight excluding hydrogens is 332 g/mol. The lowest BCUT2D eigenvalue weighted by Crippen LogP contribution is -2.41. The minimum atomic E-state index is -0.994. The number of carboxylic acids is 1. The Morgan fingerprint density at radius 3 is 2.19 bits per heavy atom. The van der Waals surface area contributed by atoms with Gasteiger partial charge in [0, 0.05) is 17.2 Å². The van der Waals surface area contributed by atoms with Gasteiger partial charge in [0.25, 0.3) is 0 Å². The van der Waals surface area contributed by atoms with Crippen molar-refractivity contribution in [3.8, 4) is 0 Å². The number of ketones is 1. The molecule has 0 fully saturated rings. The monoisotopic (exact) mass is 354 g/mol. The number of rotatable bonds is 8. The van der Waals surface area contributed by atoms with E-state index in [0.29, 0.717) is 16.8 Å². The highest BCUT2D eigenvalue weighted by atomic mass is 16.4. The number of nitrogens with zero attached hydrogens (tertiary/aromatic N) is 1. The molecule has 2 aromatic rings. The van der Waals surface area contributed by atoms with Crippen molar-refractivity contribution in [2.24, 2.45) is 0 Å². The van der Waals surface area contributed by atoms with Crippen molar-refractivity contribution in [1.29, 1.82) is 0 Å². The van der Waals surface area contributed by atoms with E-state index < -0.39 is 5.97 Å². The van der Waals surface area contributed by atoms with Gasteiger partial charge in [-0.3, -0.25) is 19.3 Å². The predicted molar refractivity (Wildman–Crippen MR) is 99.3 cm³/mol. The molecule has 136 valence electrons. The van der Waals surface area contributed by atoms with Crippen molar-refractivity contribution < 1.29 is 19.5 Å². The van der Waals surface area contributed by atoms with Crippen LogP contribution in [0.3, 0.4) is 0 Å². The number of aliphatic carboxylic acids is 1. The summed E-state index contributed by atoms with van der Waals surface area (Å²) in [6.45, 7) is 3.35. The average molecular weight is 354 g/mol. The Morgan fingerprint density at radius 1 is 0.962 bits per heavy atom. The van der Waals surface area contributed by atoms with Gasteiger partial charge in [-0.1, -0.05) is 42.5 Å². The average Bonchev–Trinajstić information content (AvgIpc) is 2.61. The van der Waals surface area contributed by atoms with Crippen molar-refractivity contribution in [2.75, 3.05) is 18.4 Å². The summed E-state index contributed by atoms with van der Waals surface area (Å²) in [6.07, 6.45) is 0. The fourth-order valence-electron chi connectivity index (χ4n) is 2.50. The van der Waals surface area contributed by atoms with Crippen molar-refractivity contribution in [3.63, 3.8) is 0 Å². The summed E-state index contributed by atoms with van der Waals surface area (Å²) in [5.41, 5.74) is 1.33. The van der Waals surface area contributed by atoms with Gasteiger partial charge in [-0.15, -0.1) is 0 Å². The summed E-state index contributed by atoms with van der Waals surface area (Å²) >= 11 is 0. The Morgan fingerprint density at radius 2 is 1.58 bits per heavy atom. The molecule has 0 aliphatic heterocycles. The molecule has 0 aromatic heterocycles. The second kappa shape index (κ2) is 8.92. The number of carbonyl (C=O) groups excluding carboxylic acids is 2. The molecule has 0 bridgehead atoms. The maximum absolute atomic E-state index is 12.7. The van der Waals surface area contributed by atoms with E-state index in [1.54, 1.807) is 53.4 Å². The standard InChI is InChI=1S/C20H22N2O4/c1-14(2)22(13-19(24)25)12-18(23)21-17-11-7-6-10-16(17)20(26)15-8-4-3-5-9-15/h3-11,14H,12-13H2,1-2H3,(H,21,23)(H,24,25). The van der Waals surface area contributed by atoms with E-state index in [-0.39, 0.29) is 30.8 Å². The lowest BCUT2D eigenvalue weighted by molar-refractivity contribution is -0.139. The van der Waals surface area contributed by atoms with Gasteiger partial charge in [-0.25, -0.2) is 0 Å². The normalized spacial score (nSPS) is 10.8. The summed E-state index contributed by atoms with van der Waals surface area (Å²) < 4.78 is 0. The molecule has 0 unspecified atom stereocenters. The number of carbonyl (C=O) groups is 3. The molecule has 2 rings (SSSR count). The smallest absolute Gasteiger partial charge is 0.317 e. The number of nitrogens with one attached hydrogen (secondary N) is 1. The summed E-state index contributed by atoms with van der Waals surface area (Å²) in [5, 5.41) is 11.7. The Kier molecular flexibility index (Phi) is 6.63. The van der Waals surface area contributed by atoms with Crippen LogP contribution < -0.4 is 5.32 Å². The molecule has 0 spiro atoms. The first-order chi connectivity index (χ1) is 12.4. The first-order valence-corrected chi connectivity index (χ1v) is 8.33. The van der Waals surface area contributed by atoms with Crippen LogP contribution in [0.5, 0.6) is 0 Å². The topological polar surface area (TPSA) is 86.7 Å². The van der Waals surface area contributed by atoms with Gasteiger partial charge < -0.3 is 10.4 Å². The number of hydrogen-bond acceptors (Lipinski definition) is 4. The van der Waals surface area contributed by atoms with Crippen LogP contribution in [0.2, 0.25) is 0 Å². The molecule has 0 aliphatic carbocycles. The number of hydrogen-bond donors (Lipinski definition) is 2. The molecule has 0 saturated heterocycles. The van der Waals surface area contributed by atoms with E-state index in [1.165, 1.54) is 0 Å². The van der Waals surface area contributed by atoms with Gasteiger partial charge in [0.1, 0.15) is 0 Å². The van der Waals surface area contributed by atoms with E-state index in [4.69, 9.17) is 5.11 Å². The number of carboxylic acid groups (broad SMARTS) is 1. The molecular formula is C20H22N2O4. The maximum Gasteiger partial charge on any atom is 0.317 e. The van der Waals surface area contributed by atoms with Crippen LogP contribution >= 0.6 is 0 Å². The largest absolute Gasteiger partial charge is 0.480 e. The minimum Gasteiger partial charge on any atom is -0.480 e. The number of anilines is 1. The van der Waals surface area contributed by atoms with E-state index >= 15 is 0 Å².